The van der Waals surface area contributed by atoms with E-state index < -0.39 is 58.7 Å². The van der Waals surface area contributed by atoms with Gasteiger partial charge >= 0.3 is 18.2 Å². The quantitative estimate of drug-likeness (QED) is 0.194. The van der Waals surface area contributed by atoms with Crippen LogP contribution >= 0.6 is 0 Å². The van der Waals surface area contributed by atoms with E-state index >= 15 is 13.2 Å². The van der Waals surface area contributed by atoms with E-state index in [1.54, 1.807) is 25.7 Å². The van der Waals surface area contributed by atoms with Gasteiger partial charge in [0.1, 0.15) is 39.7 Å². The molecule has 4 fully saturated rings. The number of anilines is 2. The number of fused-ring (bicyclic) bond motifs is 6. The van der Waals surface area contributed by atoms with Crippen LogP contribution in [0.2, 0.25) is 0 Å². The summed E-state index contributed by atoms with van der Waals surface area (Å²) < 4.78 is 78.7. The molecule has 2 aromatic heterocycles. The summed E-state index contributed by atoms with van der Waals surface area (Å²) in [4.78, 5) is 47.3. The van der Waals surface area contributed by atoms with Gasteiger partial charge in [-0.25, -0.2) is 27.7 Å². The van der Waals surface area contributed by atoms with Crippen molar-refractivity contribution in [2.75, 3.05) is 56.2 Å². The lowest BCUT2D eigenvalue weighted by Gasteiger charge is -2.48. The molecule has 2 aromatic carbocycles. The van der Waals surface area contributed by atoms with Gasteiger partial charge in [-0.3, -0.25) is 15.1 Å². The second kappa shape index (κ2) is 15.0. The largest absolute Gasteiger partial charge is 0.472 e. The second-order valence-electron chi connectivity index (χ2n) is 19.1. The Labute approximate surface area is 352 Å². The normalized spacial score (nSPS) is 23.3. The van der Waals surface area contributed by atoms with Crippen LogP contribution in [0.25, 0.3) is 32.9 Å². The van der Waals surface area contributed by atoms with Gasteiger partial charge in [-0.2, -0.15) is 9.97 Å². The van der Waals surface area contributed by atoms with Gasteiger partial charge in [0.15, 0.2) is 17.5 Å². The minimum atomic E-state index is -1.23. The summed E-state index contributed by atoms with van der Waals surface area (Å²) in [5.41, 5.74) is -2.30. The van der Waals surface area contributed by atoms with E-state index in [0.717, 1.165) is 38.5 Å². The Morgan fingerprint density at radius 1 is 0.934 bits per heavy atom. The maximum atomic E-state index is 17.7. The molecule has 17 heteroatoms. The number of hydrogen-bond acceptors (Lipinski definition) is 12. The highest BCUT2D eigenvalue weighted by Gasteiger charge is 2.54. The number of carbonyl (C=O) groups is 2. The Kier molecular flexibility index (Phi) is 10.2. The maximum absolute atomic E-state index is 17.7. The molecular formula is C44H52F3N7O7. The summed E-state index contributed by atoms with van der Waals surface area (Å²) in [5, 5.41) is 2.73. The van der Waals surface area contributed by atoms with Crippen LogP contribution in [0.5, 0.6) is 11.9 Å². The number of piperazine rings is 1. The highest BCUT2D eigenvalue weighted by Crippen LogP contribution is 2.49. The highest BCUT2D eigenvalue weighted by molar-refractivity contribution is 6.04. The van der Waals surface area contributed by atoms with E-state index in [2.05, 4.69) is 20.1 Å². The fraction of sp³-hybridized carbons (Fsp3) is 0.568. The highest BCUT2D eigenvalue weighted by atomic mass is 19.2. The van der Waals surface area contributed by atoms with Crippen LogP contribution in [-0.2, 0) is 14.2 Å². The fourth-order valence-electron chi connectivity index (χ4n) is 9.31. The predicted molar refractivity (Wildman–Crippen MR) is 221 cm³/mol. The van der Waals surface area contributed by atoms with Crippen molar-refractivity contribution in [2.24, 2.45) is 5.41 Å². The zero-order chi connectivity index (χ0) is 43.2. The van der Waals surface area contributed by atoms with Crippen LogP contribution in [0.15, 0.2) is 24.3 Å². The van der Waals surface area contributed by atoms with Crippen molar-refractivity contribution >= 4 is 45.4 Å². The first-order valence-corrected chi connectivity index (χ1v) is 21.1. The Balaban J connectivity index is 1.18. The minimum absolute atomic E-state index is 0.0315. The number of morpholine rings is 1. The molecule has 326 valence electrons. The standard InChI is InChI=1S/C44H52F3N7O7/c1-23-36-29-11-9-26(54(29)41(56)61-43(5,6)7)20-53(36)37-31-35(50-39(51-37)58-22-44(12-13-44)21-52-14-16-57-17-15-52)33(47)34(49-38(31)59-23)27-19-25(48-40(55)60-42(2,3)4)18-24-8-10-28(45)32(46)30(24)27/h8,10,18-19,23,26,29,36H,9,11-17,20-22H2,1-7H3,(H,48,55)/t23-,26+,29-,36+/m0/s1. The van der Waals surface area contributed by atoms with Crippen molar-refractivity contribution in [1.82, 2.24) is 24.8 Å². The smallest absolute Gasteiger partial charge is 0.412 e. The number of pyridine rings is 1. The topological polar surface area (TPSA) is 141 Å². The summed E-state index contributed by atoms with van der Waals surface area (Å²) in [6, 6.07) is 3.95. The lowest BCUT2D eigenvalue weighted by Crippen LogP contribution is -2.65. The van der Waals surface area contributed by atoms with Crippen LogP contribution < -0.4 is 19.7 Å². The number of carbonyl (C=O) groups excluding carboxylic acids is 2. The average molecular weight is 848 g/mol. The van der Waals surface area contributed by atoms with Gasteiger partial charge in [0.05, 0.1) is 37.9 Å². The van der Waals surface area contributed by atoms with Crippen molar-refractivity contribution < 1.29 is 46.4 Å². The molecule has 4 atom stereocenters. The monoisotopic (exact) mass is 847 g/mol. The van der Waals surface area contributed by atoms with Gasteiger partial charge in [-0.1, -0.05) is 6.07 Å². The van der Waals surface area contributed by atoms with E-state index in [-0.39, 0.29) is 62.3 Å². The van der Waals surface area contributed by atoms with Crippen molar-refractivity contribution in [1.29, 1.82) is 0 Å². The molecule has 2 bridgehead atoms. The first-order valence-electron chi connectivity index (χ1n) is 21.1. The van der Waals surface area contributed by atoms with Crippen LogP contribution in [0.4, 0.5) is 34.3 Å². The van der Waals surface area contributed by atoms with Crippen LogP contribution in [0.3, 0.4) is 0 Å². The van der Waals surface area contributed by atoms with E-state index in [0.29, 0.717) is 45.0 Å². The molecule has 1 saturated carbocycles. The van der Waals surface area contributed by atoms with Gasteiger partial charge in [0.25, 0.3) is 0 Å². The molecule has 2 amide bonds. The van der Waals surface area contributed by atoms with Crippen molar-refractivity contribution in [3.8, 4) is 23.1 Å². The Morgan fingerprint density at radius 2 is 1.67 bits per heavy atom. The maximum Gasteiger partial charge on any atom is 0.412 e. The third-order valence-corrected chi connectivity index (χ3v) is 12.1. The summed E-state index contributed by atoms with van der Waals surface area (Å²) in [6.07, 6.45) is 1.41. The number of hydrogen-bond donors (Lipinski definition) is 1. The summed E-state index contributed by atoms with van der Waals surface area (Å²) in [6.45, 7) is 16.9. The van der Waals surface area contributed by atoms with Gasteiger partial charge < -0.3 is 28.6 Å². The number of halogens is 3. The molecule has 3 saturated heterocycles. The van der Waals surface area contributed by atoms with Gasteiger partial charge in [-0.15, -0.1) is 0 Å². The Morgan fingerprint density at radius 3 is 2.38 bits per heavy atom. The number of nitrogens with zero attached hydrogens (tertiary/aromatic N) is 6. The summed E-state index contributed by atoms with van der Waals surface area (Å²) >= 11 is 0. The van der Waals surface area contributed by atoms with Gasteiger partial charge in [0.2, 0.25) is 5.88 Å². The van der Waals surface area contributed by atoms with Gasteiger partial charge in [0, 0.05) is 48.2 Å². The van der Waals surface area contributed by atoms with E-state index in [4.69, 9.17) is 33.7 Å². The predicted octanol–water partition coefficient (Wildman–Crippen LogP) is 7.84. The SMILES string of the molecule is C[C@@H]1Oc2nc(-c3cc(NC(=O)OC(C)(C)C)cc4ccc(F)c(F)c34)c(F)c3nc(OCC4(CN5CCOCC5)CC4)nc(c23)N2C[C@H]3CC[C@@H]([C@@H]12)N3C(=O)OC(C)(C)C. The third-order valence-electron chi connectivity index (χ3n) is 12.1. The van der Waals surface area contributed by atoms with Crippen LogP contribution in [0.1, 0.15) is 74.1 Å². The number of ether oxygens (including phenoxy) is 5. The van der Waals surface area contributed by atoms with Gasteiger partial charge in [-0.05, 0) is 97.7 Å². The molecule has 61 heavy (non-hydrogen) atoms. The molecule has 4 aliphatic heterocycles. The zero-order valence-electron chi connectivity index (χ0n) is 35.6. The van der Waals surface area contributed by atoms with Crippen molar-refractivity contribution in [3.05, 3.63) is 41.7 Å². The Hall–Kier alpha value is -5.16. The zero-order valence-corrected chi connectivity index (χ0v) is 35.6. The molecule has 0 unspecified atom stereocenters. The van der Waals surface area contributed by atoms with Crippen LogP contribution in [-0.4, -0.2) is 118 Å². The summed E-state index contributed by atoms with van der Waals surface area (Å²) in [5.74, 6) is -3.03. The number of nitrogens with one attached hydrogen (secondary N) is 1. The molecule has 14 nitrogen and oxygen atoms in total. The molecule has 9 rings (SSSR count). The molecule has 5 aliphatic rings. The Bertz CT molecular complexity index is 2410. The molecule has 6 heterocycles. The number of amides is 2. The summed E-state index contributed by atoms with van der Waals surface area (Å²) in [7, 11) is 0. The molecule has 0 spiro atoms. The minimum Gasteiger partial charge on any atom is -0.472 e. The molecule has 1 N–H and O–H groups in total. The van der Waals surface area contributed by atoms with Crippen LogP contribution in [0, 0.1) is 22.9 Å². The van der Waals surface area contributed by atoms with E-state index in [9.17, 15) is 9.59 Å². The first kappa shape index (κ1) is 41.2. The molecule has 4 aromatic rings. The van der Waals surface area contributed by atoms with Crippen molar-refractivity contribution in [3.63, 3.8) is 0 Å². The fourth-order valence-corrected chi connectivity index (χ4v) is 9.31. The molecular weight excluding hydrogens is 796 g/mol. The van der Waals surface area contributed by atoms with E-state index in [1.165, 1.54) is 18.2 Å². The second-order valence-corrected chi connectivity index (χ2v) is 19.1. The number of rotatable bonds is 7. The third kappa shape index (κ3) is 7.94. The lowest BCUT2D eigenvalue weighted by molar-refractivity contribution is 0.000915. The number of aromatic nitrogens is 3. The first-order chi connectivity index (χ1) is 28.9. The van der Waals surface area contributed by atoms with Crippen molar-refractivity contribution in [2.45, 2.75) is 110 Å². The average Bonchev–Trinajstić information content (AvgIpc) is 3.89. The lowest BCUT2D eigenvalue weighted by atomic mass is 9.98. The molecule has 1 aliphatic carbocycles. The molecule has 0 radical (unpaired) electrons. The number of benzene rings is 2. The van der Waals surface area contributed by atoms with E-state index in [1.807, 2.05) is 27.7 Å².